The third kappa shape index (κ3) is 2.35. The molecule has 5 nitrogen and oxygen atoms in total. The Morgan fingerprint density at radius 1 is 1.14 bits per heavy atom. The summed E-state index contributed by atoms with van der Waals surface area (Å²) in [5.74, 6) is 0.333. The van der Waals surface area contributed by atoms with Gasteiger partial charge >= 0.3 is 0 Å². The molecule has 22 heavy (non-hydrogen) atoms. The molecule has 2 unspecified atom stereocenters. The van der Waals surface area contributed by atoms with Crippen molar-refractivity contribution in [1.29, 1.82) is 0 Å². The van der Waals surface area contributed by atoms with Crippen LogP contribution in [0.2, 0.25) is 0 Å². The number of carbonyl (C=O) groups is 1. The number of hydrogen-bond acceptors (Lipinski definition) is 3. The van der Waals surface area contributed by atoms with Crippen LogP contribution in [0.25, 0.3) is 0 Å². The number of nitrogens with zero attached hydrogens (tertiary/aromatic N) is 3. The van der Waals surface area contributed by atoms with E-state index >= 15 is 0 Å². The predicted octanol–water partition coefficient (Wildman–Crippen LogP) is 1.93. The Kier molecular flexibility index (Phi) is 4.46. The highest BCUT2D eigenvalue weighted by Crippen LogP contribution is 2.40. The number of fused-ring (bicyclic) bond motifs is 2. The summed E-state index contributed by atoms with van der Waals surface area (Å²) in [5.41, 5.74) is -0.451. The molecule has 1 aromatic rings. The van der Waals surface area contributed by atoms with Crippen LogP contribution in [0.15, 0.2) is 18.5 Å². The minimum absolute atomic E-state index is 0. The molecule has 1 aromatic heterocycles. The van der Waals surface area contributed by atoms with E-state index in [-0.39, 0.29) is 12.4 Å². The monoisotopic (exact) mass is 324 g/mol. The van der Waals surface area contributed by atoms with Crippen LogP contribution in [0.5, 0.6) is 0 Å². The standard InChI is InChI=1S/C16H24N4O.ClH/c21-15(20-13-3-1-4-14(20)6-5-13)16(7-10-17-11-8-16)19-12-2-9-18-19;/h2,9,12-14,17H,1,3-8,10-11H2;1H. The molecule has 3 aliphatic heterocycles. The second-order valence-electron chi connectivity index (χ2n) is 6.76. The normalized spacial score (nSPS) is 29.9. The maximum atomic E-state index is 13.5. The third-order valence-electron chi connectivity index (χ3n) is 5.70. The SMILES string of the molecule is Cl.O=C(N1C2CCCC1CC2)C1(n2cccn2)CCNCC1. The zero-order valence-corrected chi connectivity index (χ0v) is 13.7. The summed E-state index contributed by atoms with van der Waals surface area (Å²) in [6.45, 7) is 1.80. The van der Waals surface area contributed by atoms with Crippen molar-refractivity contribution in [1.82, 2.24) is 20.0 Å². The predicted molar refractivity (Wildman–Crippen MR) is 87.1 cm³/mol. The molecule has 0 aliphatic carbocycles. The largest absolute Gasteiger partial charge is 0.335 e. The van der Waals surface area contributed by atoms with E-state index < -0.39 is 5.54 Å². The Labute approximate surface area is 137 Å². The van der Waals surface area contributed by atoms with E-state index in [1.165, 1.54) is 32.1 Å². The van der Waals surface area contributed by atoms with E-state index in [1.807, 2.05) is 16.9 Å². The molecule has 3 fully saturated rings. The lowest BCUT2D eigenvalue weighted by molar-refractivity contribution is -0.147. The first-order chi connectivity index (χ1) is 10.3. The average molecular weight is 325 g/mol. The molecule has 0 saturated carbocycles. The van der Waals surface area contributed by atoms with Gasteiger partial charge in [0.15, 0.2) is 0 Å². The lowest BCUT2D eigenvalue weighted by Crippen LogP contribution is -2.59. The highest BCUT2D eigenvalue weighted by molar-refractivity contribution is 5.86. The Morgan fingerprint density at radius 2 is 1.82 bits per heavy atom. The third-order valence-corrected chi connectivity index (χ3v) is 5.70. The number of rotatable bonds is 2. The Hall–Kier alpha value is -1.07. The van der Waals surface area contributed by atoms with Crippen LogP contribution >= 0.6 is 12.4 Å². The molecule has 4 heterocycles. The Balaban J connectivity index is 0.00000144. The van der Waals surface area contributed by atoms with Gasteiger partial charge in [-0.25, -0.2) is 0 Å². The first-order valence-corrected chi connectivity index (χ1v) is 8.35. The molecule has 3 aliphatic rings. The van der Waals surface area contributed by atoms with Gasteiger partial charge in [-0.1, -0.05) is 0 Å². The highest BCUT2D eigenvalue weighted by atomic mass is 35.5. The molecule has 2 atom stereocenters. The van der Waals surface area contributed by atoms with Crippen molar-refractivity contribution in [2.45, 2.75) is 62.6 Å². The second kappa shape index (κ2) is 6.20. The van der Waals surface area contributed by atoms with Crippen molar-refractivity contribution in [3.8, 4) is 0 Å². The number of amides is 1. The summed E-state index contributed by atoms with van der Waals surface area (Å²) in [4.78, 5) is 15.7. The van der Waals surface area contributed by atoms with Gasteiger partial charge in [-0.3, -0.25) is 9.48 Å². The van der Waals surface area contributed by atoms with Crippen molar-refractivity contribution in [2.24, 2.45) is 0 Å². The van der Waals surface area contributed by atoms with Gasteiger partial charge in [0.25, 0.3) is 5.91 Å². The van der Waals surface area contributed by atoms with E-state index in [0.29, 0.717) is 18.0 Å². The molecular formula is C16H25ClN4O. The lowest BCUT2D eigenvalue weighted by Gasteiger charge is -2.44. The van der Waals surface area contributed by atoms with Crippen LogP contribution in [0.3, 0.4) is 0 Å². The molecule has 6 heteroatoms. The Morgan fingerprint density at radius 3 is 2.41 bits per heavy atom. The van der Waals surface area contributed by atoms with Gasteiger partial charge < -0.3 is 10.2 Å². The van der Waals surface area contributed by atoms with Crippen LogP contribution in [-0.2, 0) is 10.3 Å². The number of piperidine rings is 2. The lowest BCUT2D eigenvalue weighted by atomic mass is 9.85. The summed E-state index contributed by atoms with van der Waals surface area (Å²) < 4.78 is 1.93. The van der Waals surface area contributed by atoms with Crippen LogP contribution in [0, 0.1) is 0 Å². The summed E-state index contributed by atoms with van der Waals surface area (Å²) in [5, 5.41) is 7.83. The van der Waals surface area contributed by atoms with Crippen LogP contribution < -0.4 is 5.32 Å². The first-order valence-electron chi connectivity index (χ1n) is 8.35. The maximum absolute atomic E-state index is 13.5. The van der Waals surface area contributed by atoms with Crippen molar-refractivity contribution in [2.75, 3.05) is 13.1 Å². The number of halogens is 1. The molecule has 4 rings (SSSR count). The highest BCUT2D eigenvalue weighted by Gasteiger charge is 2.50. The summed E-state index contributed by atoms with van der Waals surface area (Å²) in [6.07, 6.45) is 11.5. The topological polar surface area (TPSA) is 50.2 Å². The minimum Gasteiger partial charge on any atom is -0.335 e. The zero-order chi connectivity index (χ0) is 14.3. The Bertz CT molecular complexity index is 496. The van der Waals surface area contributed by atoms with Crippen LogP contribution in [-0.4, -0.2) is 45.8 Å². The van der Waals surface area contributed by atoms with Gasteiger partial charge in [0.1, 0.15) is 5.54 Å². The molecule has 122 valence electrons. The van der Waals surface area contributed by atoms with Gasteiger partial charge in [-0.05, 0) is 64.1 Å². The molecule has 2 bridgehead atoms. The molecule has 1 amide bonds. The van der Waals surface area contributed by atoms with Crippen molar-refractivity contribution < 1.29 is 4.79 Å². The molecule has 0 spiro atoms. The van der Waals surface area contributed by atoms with E-state index in [0.717, 1.165) is 25.9 Å². The van der Waals surface area contributed by atoms with Crippen LogP contribution in [0.4, 0.5) is 0 Å². The summed E-state index contributed by atoms with van der Waals surface area (Å²) in [6, 6.07) is 2.90. The number of aromatic nitrogens is 2. The van der Waals surface area contributed by atoms with Gasteiger partial charge in [0.05, 0.1) is 0 Å². The minimum atomic E-state index is -0.451. The summed E-state index contributed by atoms with van der Waals surface area (Å²) in [7, 11) is 0. The van der Waals surface area contributed by atoms with Gasteiger partial charge in [0, 0.05) is 24.5 Å². The number of hydrogen-bond donors (Lipinski definition) is 1. The van der Waals surface area contributed by atoms with E-state index in [2.05, 4.69) is 15.3 Å². The molecule has 0 aromatic carbocycles. The van der Waals surface area contributed by atoms with Gasteiger partial charge in [0.2, 0.25) is 0 Å². The average Bonchev–Trinajstić information content (AvgIpc) is 3.14. The molecule has 1 N–H and O–H groups in total. The van der Waals surface area contributed by atoms with E-state index in [9.17, 15) is 4.79 Å². The quantitative estimate of drug-likeness (QED) is 0.904. The van der Waals surface area contributed by atoms with E-state index in [1.54, 1.807) is 6.20 Å². The molecule has 0 radical (unpaired) electrons. The smallest absolute Gasteiger partial charge is 0.251 e. The summed E-state index contributed by atoms with van der Waals surface area (Å²) >= 11 is 0. The fraction of sp³-hybridized carbons (Fsp3) is 0.750. The van der Waals surface area contributed by atoms with Gasteiger partial charge in [-0.2, -0.15) is 5.10 Å². The number of nitrogens with one attached hydrogen (secondary N) is 1. The van der Waals surface area contributed by atoms with Gasteiger partial charge in [-0.15, -0.1) is 12.4 Å². The van der Waals surface area contributed by atoms with E-state index in [4.69, 9.17) is 0 Å². The van der Waals surface area contributed by atoms with Crippen molar-refractivity contribution in [3.05, 3.63) is 18.5 Å². The fourth-order valence-corrected chi connectivity index (χ4v) is 4.59. The fourth-order valence-electron chi connectivity index (χ4n) is 4.59. The van der Waals surface area contributed by atoms with Crippen molar-refractivity contribution in [3.63, 3.8) is 0 Å². The maximum Gasteiger partial charge on any atom is 0.251 e. The molecule has 3 saturated heterocycles. The molecular weight excluding hydrogens is 300 g/mol. The second-order valence-corrected chi connectivity index (χ2v) is 6.76. The zero-order valence-electron chi connectivity index (χ0n) is 12.9. The van der Waals surface area contributed by atoms with Crippen LogP contribution in [0.1, 0.15) is 44.9 Å². The van der Waals surface area contributed by atoms with Crippen molar-refractivity contribution >= 4 is 18.3 Å². The number of carbonyl (C=O) groups excluding carboxylic acids is 1. The first kappa shape index (κ1) is 15.8.